The van der Waals surface area contributed by atoms with Crippen LogP contribution in [0, 0.1) is 19.7 Å². The van der Waals surface area contributed by atoms with Gasteiger partial charge in [0.25, 0.3) is 0 Å². The van der Waals surface area contributed by atoms with E-state index in [1.54, 1.807) is 0 Å². The number of hydrogen-bond acceptors (Lipinski definition) is 4. The van der Waals surface area contributed by atoms with Gasteiger partial charge in [0.1, 0.15) is 17.9 Å². The molecule has 0 amide bonds. The minimum atomic E-state index is -1.36. The highest BCUT2D eigenvalue weighted by Gasteiger charge is 2.30. The number of aliphatic carboxylic acids is 1. The first kappa shape index (κ1) is 20.3. The Morgan fingerprint density at radius 1 is 1.17 bits per heavy atom. The Labute approximate surface area is 167 Å². The summed E-state index contributed by atoms with van der Waals surface area (Å²) in [5, 5.41) is 13.4. The highest BCUT2D eigenvalue weighted by molar-refractivity contribution is 5.77. The predicted octanol–water partition coefficient (Wildman–Crippen LogP) is 3.08. The van der Waals surface area contributed by atoms with Crippen molar-refractivity contribution in [3.63, 3.8) is 0 Å². The number of aromatic nitrogens is 3. The number of hydrogen-bond donors (Lipinski definition) is 1. The highest BCUT2D eigenvalue weighted by atomic mass is 19.1. The summed E-state index contributed by atoms with van der Waals surface area (Å²) in [7, 11) is 0. The van der Waals surface area contributed by atoms with Crippen molar-refractivity contribution in [2.24, 2.45) is 0 Å². The van der Waals surface area contributed by atoms with Gasteiger partial charge in [-0.05, 0) is 68.7 Å². The van der Waals surface area contributed by atoms with E-state index in [0.717, 1.165) is 16.7 Å². The quantitative estimate of drug-likeness (QED) is 0.688. The molecule has 0 aliphatic carbocycles. The van der Waals surface area contributed by atoms with E-state index in [9.17, 15) is 19.1 Å². The van der Waals surface area contributed by atoms with Crippen molar-refractivity contribution in [2.45, 2.75) is 39.8 Å². The van der Waals surface area contributed by atoms with Gasteiger partial charge in [0.2, 0.25) is 0 Å². The molecule has 7 nitrogen and oxygen atoms in total. The first-order chi connectivity index (χ1) is 13.6. The molecule has 2 aromatic carbocycles. The van der Waals surface area contributed by atoms with Gasteiger partial charge in [-0.1, -0.05) is 12.1 Å². The molecule has 0 unspecified atom stereocenters. The van der Waals surface area contributed by atoms with E-state index in [0.29, 0.717) is 11.4 Å². The molecule has 0 atom stereocenters. The van der Waals surface area contributed by atoms with Crippen molar-refractivity contribution >= 4 is 5.97 Å². The van der Waals surface area contributed by atoms with Crippen molar-refractivity contribution < 1.29 is 19.0 Å². The molecule has 29 heavy (non-hydrogen) atoms. The van der Waals surface area contributed by atoms with Crippen LogP contribution in [0.15, 0.2) is 47.5 Å². The number of ether oxygens (including phenoxy) is 1. The summed E-state index contributed by atoms with van der Waals surface area (Å²) in [6, 6.07) is 9.21. The summed E-state index contributed by atoms with van der Waals surface area (Å²) in [4.78, 5) is 24.0. The van der Waals surface area contributed by atoms with E-state index >= 15 is 0 Å². The van der Waals surface area contributed by atoms with Crippen LogP contribution in [0.4, 0.5) is 4.39 Å². The maximum atomic E-state index is 13.1. The van der Waals surface area contributed by atoms with Crippen LogP contribution in [0.1, 0.15) is 30.5 Å². The van der Waals surface area contributed by atoms with Crippen molar-refractivity contribution in [2.75, 3.05) is 0 Å². The topological polar surface area (TPSA) is 86.4 Å². The fourth-order valence-corrected chi connectivity index (χ4v) is 2.99. The first-order valence-electron chi connectivity index (χ1n) is 9.01. The average molecular weight is 399 g/mol. The maximum Gasteiger partial charge on any atom is 0.350 e. The number of nitrogens with zero attached hydrogens (tertiary/aromatic N) is 3. The van der Waals surface area contributed by atoms with E-state index < -0.39 is 11.6 Å². The van der Waals surface area contributed by atoms with E-state index in [4.69, 9.17) is 4.74 Å². The van der Waals surface area contributed by atoms with Crippen LogP contribution in [0.3, 0.4) is 0 Å². The molecule has 1 N–H and O–H groups in total. The zero-order valence-electron chi connectivity index (χ0n) is 16.6. The molecule has 0 spiro atoms. The van der Waals surface area contributed by atoms with Crippen LogP contribution in [-0.4, -0.2) is 31.0 Å². The molecule has 0 radical (unpaired) electrons. The summed E-state index contributed by atoms with van der Waals surface area (Å²) in [5.41, 5.74) is 1.16. The number of aryl methyl sites for hydroxylation is 2. The second-order valence-electron chi connectivity index (χ2n) is 7.41. The molecule has 0 saturated heterocycles. The van der Waals surface area contributed by atoms with Crippen molar-refractivity contribution in [1.82, 2.24) is 14.3 Å². The van der Waals surface area contributed by atoms with Gasteiger partial charge >= 0.3 is 11.7 Å². The number of rotatable bonds is 6. The Balaban J connectivity index is 1.87. The van der Waals surface area contributed by atoms with E-state index in [1.165, 1.54) is 53.7 Å². The second kappa shape index (κ2) is 7.54. The molecule has 0 aliphatic heterocycles. The number of benzene rings is 2. The average Bonchev–Trinajstić information content (AvgIpc) is 2.99. The van der Waals surface area contributed by atoms with Crippen molar-refractivity contribution in [1.29, 1.82) is 0 Å². The lowest BCUT2D eigenvalue weighted by Gasteiger charge is -2.24. The molecular formula is C21H22FN3O4. The molecule has 0 saturated carbocycles. The Morgan fingerprint density at radius 2 is 1.76 bits per heavy atom. The number of carboxylic acid groups (broad SMARTS) is 1. The fourth-order valence-electron chi connectivity index (χ4n) is 2.99. The van der Waals surface area contributed by atoms with Gasteiger partial charge in [0.15, 0.2) is 5.60 Å². The van der Waals surface area contributed by atoms with E-state index in [-0.39, 0.29) is 18.1 Å². The lowest BCUT2D eigenvalue weighted by Crippen LogP contribution is -2.38. The summed E-state index contributed by atoms with van der Waals surface area (Å²) >= 11 is 0. The molecule has 8 heteroatoms. The zero-order chi connectivity index (χ0) is 21.3. The normalized spacial score (nSPS) is 11.5. The van der Waals surface area contributed by atoms with Crippen molar-refractivity contribution in [3.8, 4) is 11.4 Å². The second-order valence-corrected chi connectivity index (χ2v) is 7.41. The SMILES string of the molecule is Cc1cc(Cn2cnn(-c3ccc(F)cc3)c2=O)cc(C)c1OC(C)(C)C(=O)O. The van der Waals surface area contributed by atoms with Crippen LogP contribution >= 0.6 is 0 Å². The Bertz CT molecular complexity index is 1090. The Morgan fingerprint density at radius 3 is 2.31 bits per heavy atom. The molecule has 3 rings (SSSR count). The Kier molecular flexibility index (Phi) is 5.28. The fraction of sp³-hybridized carbons (Fsp3) is 0.286. The minimum Gasteiger partial charge on any atom is -0.478 e. The standard InChI is InChI=1S/C21H22FN3O4/c1-13-9-15(10-14(2)18(13)29-21(3,4)19(26)27)11-24-12-23-25(20(24)28)17-7-5-16(22)6-8-17/h5-10,12H,11H2,1-4H3,(H,26,27). The first-order valence-corrected chi connectivity index (χ1v) is 9.01. The third-order valence-electron chi connectivity index (χ3n) is 4.55. The summed E-state index contributed by atoms with van der Waals surface area (Å²) in [6.45, 7) is 6.92. The summed E-state index contributed by atoms with van der Waals surface area (Å²) < 4.78 is 21.4. The smallest absolute Gasteiger partial charge is 0.350 e. The van der Waals surface area contributed by atoms with Crippen LogP contribution in [0.5, 0.6) is 5.75 Å². The van der Waals surface area contributed by atoms with Crippen molar-refractivity contribution in [3.05, 3.63) is 75.7 Å². The molecular weight excluding hydrogens is 377 g/mol. The van der Waals surface area contributed by atoms with Gasteiger partial charge in [-0.25, -0.2) is 14.0 Å². The number of carboxylic acids is 1. The van der Waals surface area contributed by atoms with E-state index in [1.807, 2.05) is 26.0 Å². The molecule has 3 aromatic rings. The number of carbonyl (C=O) groups is 1. The van der Waals surface area contributed by atoms with Gasteiger partial charge in [-0.15, -0.1) is 0 Å². The molecule has 0 bridgehead atoms. The van der Waals surface area contributed by atoms with Gasteiger partial charge in [-0.2, -0.15) is 9.78 Å². The summed E-state index contributed by atoms with van der Waals surface area (Å²) in [6.07, 6.45) is 1.42. The van der Waals surface area contributed by atoms with Gasteiger partial charge in [0.05, 0.1) is 12.2 Å². The lowest BCUT2D eigenvalue weighted by atomic mass is 10.0. The van der Waals surface area contributed by atoms with Crippen LogP contribution in [0.25, 0.3) is 5.69 Å². The van der Waals surface area contributed by atoms with Crippen LogP contribution < -0.4 is 10.4 Å². The minimum absolute atomic E-state index is 0.282. The van der Waals surface area contributed by atoms with Gasteiger partial charge in [0, 0.05) is 0 Å². The largest absolute Gasteiger partial charge is 0.478 e. The van der Waals surface area contributed by atoms with Crippen LogP contribution in [0.2, 0.25) is 0 Å². The molecule has 1 heterocycles. The highest BCUT2D eigenvalue weighted by Crippen LogP contribution is 2.29. The zero-order valence-corrected chi connectivity index (χ0v) is 16.6. The van der Waals surface area contributed by atoms with Gasteiger partial charge in [-0.3, -0.25) is 4.57 Å². The number of halogens is 1. The lowest BCUT2D eigenvalue weighted by molar-refractivity contribution is -0.152. The maximum absolute atomic E-state index is 13.1. The van der Waals surface area contributed by atoms with E-state index in [2.05, 4.69) is 5.10 Å². The summed E-state index contributed by atoms with van der Waals surface area (Å²) in [5.74, 6) is -0.934. The molecule has 0 fully saturated rings. The molecule has 152 valence electrons. The molecule has 1 aromatic heterocycles. The van der Waals surface area contributed by atoms with Gasteiger partial charge < -0.3 is 9.84 Å². The molecule has 0 aliphatic rings. The predicted molar refractivity (Wildman–Crippen MR) is 105 cm³/mol. The Hall–Kier alpha value is -3.42. The monoisotopic (exact) mass is 399 g/mol. The van der Waals surface area contributed by atoms with Crippen LogP contribution in [-0.2, 0) is 11.3 Å². The third-order valence-corrected chi connectivity index (χ3v) is 4.55. The third kappa shape index (κ3) is 4.21.